The van der Waals surface area contributed by atoms with Gasteiger partial charge in [0.05, 0.1) is 6.61 Å². The van der Waals surface area contributed by atoms with E-state index in [1.165, 1.54) is 0 Å². The van der Waals surface area contributed by atoms with Gasteiger partial charge in [-0.1, -0.05) is 32.9 Å². The Morgan fingerprint density at radius 3 is 2.00 bits per heavy atom. The van der Waals surface area contributed by atoms with E-state index < -0.39 is 8.32 Å². The fourth-order valence-corrected chi connectivity index (χ4v) is 2.67. The van der Waals surface area contributed by atoms with Crippen LogP contribution in [0.5, 0.6) is 0 Å². The van der Waals surface area contributed by atoms with Crippen molar-refractivity contribution in [2.24, 2.45) is 0 Å². The Morgan fingerprint density at radius 2 is 1.59 bits per heavy atom. The molecule has 0 atom stereocenters. The van der Waals surface area contributed by atoms with Gasteiger partial charge in [-0.2, -0.15) is 0 Å². The van der Waals surface area contributed by atoms with Crippen molar-refractivity contribution >= 4 is 20.0 Å². The Hall–Kier alpha value is -1.33. The monoisotopic (exact) mass is 322 g/mol. The Labute approximate surface area is 136 Å². The predicted molar refractivity (Wildman–Crippen MR) is 95.9 cm³/mol. The van der Waals surface area contributed by atoms with Gasteiger partial charge < -0.3 is 9.33 Å². The lowest BCUT2D eigenvalue weighted by Crippen LogP contribution is -2.40. The molecule has 0 radical (unpaired) electrons. The standard InChI is InChI=1S/C17H30N2O2Si/c1-17(2,3)22(7,8)21-13-14-9-11-15(12-10-14)19(6)16(20)18(4)5/h9-12H,13H2,1-8H3. The molecule has 0 bridgehead atoms. The molecule has 0 aliphatic heterocycles. The Bertz CT molecular complexity index is 504. The smallest absolute Gasteiger partial charge is 0.323 e. The lowest BCUT2D eigenvalue weighted by Gasteiger charge is -2.36. The van der Waals surface area contributed by atoms with Crippen molar-refractivity contribution in [3.05, 3.63) is 29.8 Å². The Kier molecular flexibility index (Phi) is 5.81. The minimum atomic E-state index is -1.73. The molecule has 0 unspecified atom stereocenters. The topological polar surface area (TPSA) is 32.8 Å². The molecule has 0 aliphatic rings. The van der Waals surface area contributed by atoms with E-state index in [0.717, 1.165) is 11.3 Å². The third-order valence-electron chi connectivity index (χ3n) is 4.40. The van der Waals surface area contributed by atoms with E-state index in [1.807, 2.05) is 24.3 Å². The van der Waals surface area contributed by atoms with E-state index in [2.05, 4.69) is 33.9 Å². The first-order valence-electron chi connectivity index (χ1n) is 7.63. The highest BCUT2D eigenvalue weighted by molar-refractivity contribution is 6.74. The SMILES string of the molecule is CN(C)C(=O)N(C)c1ccc(CO[Si](C)(C)C(C)(C)C)cc1. The van der Waals surface area contributed by atoms with Crippen molar-refractivity contribution in [1.29, 1.82) is 0 Å². The maximum atomic E-state index is 11.9. The fraction of sp³-hybridized carbons (Fsp3) is 0.588. The maximum absolute atomic E-state index is 11.9. The molecule has 0 aliphatic carbocycles. The predicted octanol–water partition coefficient (Wildman–Crippen LogP) is 4.33. The third kappa shape index (κ3) is 4.58. The second kappa shape index (κ2) is 6.83. The van der Waals surface area contributed by atoms with E-state index >= 15 is 0 Å². The van der Waals surface area contributed by atoms with Gasteiger partial charge in [-0.15, -0.1) is 0 Å². The van der Waals surface area contributed by atoms with Crippen LogP contribution < -0.4 is 4.90 Å². The molecular weight excluding hydrogens is 292 g/mol. The molecule has 0 saturated carbocycles. The van der Waals surface area contributed by atoms with Gasteiger partial charge in [-0.25, -0.2) is 4.79 Å². The largest absolute Gasteiger partial charge is 0.413 e. The van der Waals surface area contributed by atoms with E-state index in [0.29, 0.717) is 6.61 Å². The number of hydrogen-bond acceptors (Lipinski definition) is 2. The summed E-state index contributed by atoms with van der Waals surface area (Å²) in [6.45, 7) is 11.9. The van der Waals surface area contributed by atoms with Crippen molar-refractivity contribution < 1.29 is 9.22 Å². The van der Waals surface area contributed by atoms with Crippen LogP contribution in [-0.4, -0.2) is 40.4 Å². The minimum absolute atomic E-state index is 0.0368. The van der Waals surface area contributed by atoms with Crippen LogP contribution in [0.2, 0.25) is 18.1 Å². The summed E-state index contributed by atoms with van der Waals surface area (Å²) in [5, 5.41) is 0.214. The second-order valence-corrected chi connectivity index (χ2v) is 12.3. The summed E-state index contributed by atoms with van der Waals surface area (Å²) in [6.07, 6.45) is 0. The fourth-order valence-electron chi connectivity index (χ4n) is 1.71. The maximum Gasteiger partial charge on any atom is 0.323 e. The number of amides is 2. The van der Waals surface area contributed by atoms with Crippen molar-refractivity contribution in [3.8, 4) is 0 Å². The molecule has 1 aromatic rings. The van der Waals surface area contributed by atoms with Crippen LogP contribution in [0.4, 0.5) is 10.5 Å². The van der Waals surface area contributed by atoms with Gasteiger partial charge in [-0.05, 0) is 35.8 Å². The number of benzene rings is 1. The molecule has 22 heavy (non-hydrogen) atoms. The van der Waals surface area contributed by atoms with Crippen LogP contribution in [-0.2, 0) is 11.0 Å². The quantitative estimate of drug-likeness (QED) is 0.773. The van der Waals surface area contributed by atoms with Crippen LogP contribution >= 0.6 is 0 Å². The van der Waals surface area contributed by atoms with Gasteiger partial charge in [0, 0.05) is 26.8 Å². The minimum Gasteiger partial charge on any atom is -0.413 e. The number of urea groups is 1. The van der Waals surface area contributed by atoms with Crippen LogP contribution in [0.25, 0.3) is 0 Å². The second-order valence-electron chi connectivity index (χ2n) is 7.45. The molecule has 5 heteroatoms. The average Bonchev–Trinajstić information content (AvgIpc) is 2.43. The van der Waals surface area contributed by atoms with Gasteiger partial charge in [0.2, 0.25) is 0 Å². The average molecular weight is 323 g/mol. The molecule has 1 rings (SSSR count). The van der Waals surface area contributed by atoms with Crippen LogP contribution in [0.3, 0.4) is 0 Å². The van der Waals surface area contributed by atoms with Gasteiger partial charge in [0.15, 0.2) is 8.32 Å². The van der Waals surface area contributed by atoms with Crippen LogP contribution in [0.1, 0.15) is 26.3 Å². The van der Waals surface area contributed by atoms with Gasteiger partial charge >= 0.3 is 6.03 Å². The van der Waals surface area contributed by atoms with Gasteiger partial charge in [0.1, 0.15) is 0 Å². The number of anilines is 1. The number of carbonyl (C=O) groups is 1. The number of hydrogen-bond donors (Lipinski definition) is 0. The van der Waals surface area contributed by atoms with E-state index in [-0.39, 0.29) is 11.1 Å². The van der Waals surface area contributed by atoms with Crippen molar-refractivity contribution in [2.75, 3.05) is 26.0 Å². The molecule has 0 fully saturated rings. The molecule has 1 aromatic carbocycles. The van der Waals surface area contributed by atoms with Crippen molar-refractivity contribution in [3.63, 3.8) is 0 Å². The molecule has 0 N–H and O–H groups in total. The molecule has 4 nitrogen and oxygen atoms in total. The molecule has 0 saturated heterocycles. The summed E-state index contributed by atoms with van der Waals surface area (Å²) in [6, 6.07) is 7.95. The summed E-state index contributed by atoms with van der Waals surface area (Å²) in [4.78, 5) is 15.1. The molecule has 124 valence electrons. The normalized spacial score (nSPS) is 12.2. The first-order chi connectivity index (χ1) is 9.95. The highest BCUT2D eigenvalue weighted by atomic mass is 28.4. The van der Waals surface area contributed by atoms with E-state index in [4.69, 9.17) is 4.43 Å². The van der Waals surface area contributed by atoms with E-state index in [1.54, 1.807) is 30.9 Å². The number of rotatable bonds is 4. The zero-order valence-electron chi connectivity index (χ0n) is 15.2. The first-order valence-corrected chi connectivity index (χ1v) is 10.5. The molecule has 2 amide bonds. The van der Waals surface area contributed by atoms with Crippen molar-refractivity contribution in [1.82, 2.24) is 4.90 Å². The van der Waals surface area contributed by atoms with E-state index in [9.17, 15) is 4.79 Å². The highest BCUT2D eigenvalue weighted by Gasteiger charge is 2.36. The summed E-state index contributed by atoms with van der Waals surface area (Å²) >= 11 is 0. The van der Waals surface area contributed by atoms with Gasteiger partial charge in [0.25, 0.3) is 0 Å². The summed E-state index contributed by atoms with van der Waals surface area (Å²) in [5.74, 6) is 0. The summed E-state index contributed by atoms with van der Waals surface area (Å²) < 4.78 is 6.22. The summed E-state index contributed by atoms with van der Waals surface area (Å²) in [7, 11) is 3.55. The summed E-state index contributed by atoms with van der Waals surface area (Å²) in [5.41, 5.74) is 2.02. The molecule has 0 aromatic heterocycles. The zero-order chi connectivity index (χ0) is 17.1. The third-order valence-corrected chi connectivity index (χ3v) is 8.88. The Balaban J connectivity index is 2.72. The Morgan fingerprint density at radius 1 is 1.09 bits per heavy atom. The van der Waals surface area contributed by atoms with Crippen LogP contribution in [0, 0.1) is 0 Å². The first kappa shape index (κ1) is 18.7. The number of carbonyl (C=O) groups excluding carboxylic acids is 1. The lowest BCUT2D eigenvalue weighted by atomic mass is 10.2. The molecule has 0 heterocycles. The van der Waals surface area contributed by atoms with Gasteiger partial charge in [-0.3, -0.25) is 4.90 Å². The lowest BCUT2D eigenvalue weighted by molar-refractivity contribution is 0.225. The number of nitrogens with zero attached hydrogens (tertiary/aromatic N) is 2. The van der Waals surface area contributed by atoms with Crippen LogP contribution in [0.15, 0.2) is 24.3 Å². The van der Waals surface area contributed by atoms with Crippen molar-refractivity contribution in [2.45, 2.75) is 45.5 Å². The highest BCUT2D eigenvalue weighted by Crippen LogP contribution is 2.37. The zero-order valence-corrected chi connectivity index (χ0v) is 16.2. The molecule has 0 spiro atoms. The molecular formula is C17H30N2O2Si.